The number of nitrogens with zero attached hydrogens (tertiary/aromatic N) is 3. The number of likely N-dealkylation sites (tertiary alicyclic amines) is 1. The minimum absolute atomic E-state index is 0.0335. The molecule has 4 rings (SSSR count). The third-order valence-corrected chi connectivity index (χ3v) is 5.57. The van der Waals surface area contributed by atoms with Crippen molar-refractivity contribution in [3.05, 3.63) is 64.8 Å². The van der Waals surface area contributed by atoms with E-state index in [2.05, 4.69) is 20.4 Å². The normalized spacial score (nSPS) is 15.3. The number of carbonyl (C=O) groups is 1. The van der Waals surface area contributed by atoms with Crippen LogP contribution in [0.25, 0.3) is 11.4 Å². The van der Waals surface area contributed by atoms with E-state index in [1.165, 1.54) is 12.1 Å². The molecule has 1 amide bonds. The second-order valence-electron chi connectivity index (χ2n) is 7.52. The molecule has 0 bridgehead atoms. The largest absolute Gasteiger partial charge is 0.338 e. The molecular weight excluding hydrogens is 407 g/mol. The molecule has 1 N–H and O–H groups in total. The number of hydrogen-bond donors (Lipinski definition) is 1. The molecule has 8 heteroatoms. The molecule has 0 spiro atoms. The highest BCUT2D eigenvalue weighted by molar-refractivity contribution is 6.30. The molecule has 0 unspecified atom stereocenters. The molecule has 1 saturated heterocycles. The molecule has 2 aromatic carbocycles. The van der Waals surface area contributed by atoms with Crippen LogP contribution in [0.3, 0.4) is 0 Å². The maximum atomic E-state index is 13.1. The zero-order valence-corrected chi connectivity index (χ0v) is 17.3. The van der Waals surface area contributed by atoms with Crippen LogP contribution in [0.15, 0.2) is 47.0 Å². The molecule has 1 aliphatic rings. The van der Waals surface area contributed by atoms with Gasteiger partial charge in [-0.25, -0.2) is 4.39 Å². The van der Waals surface area contributed by atoms with Gasteiger partial charge in [0.15, 0.2) is 0 Å². The van der Waals surface area contributed by atoms with E-state index in [0.717, 1.165) is 37.2 Å². The molecule has 0 saturated carbocycles. The van der Waals surface area contributed by atoms with Crippen molar-refractivity contribution in [1.29, 1.82) is 0 Å². The van der Waals surface area contributed by atoms with Crippen LogP contribution >= 0.6 is 11.6 Å². The van der Waals surface area contributed by atoms with Crippen molar-refractivity contribution in [1.82, 2.24) is 15.0 Å². The molecule has 2 heterocycles. The van der Waals surface area contributed by atoms with Gasteiger partial charge in [-0.15, -0.1) is 0 Å². The van der Waals surface area contributed by atoms with Gasteiger partial charge in [-0.3, -0.25) is 9.69 Å². The number of nitrogens with one attached hydrogen (secondary N) is 1. The lowest BCUT2D eigenvalue weighted by molar-refractivity contribution is -0.121. The molecule has 1 fully saturated rings. The summed E-state index contributed by atoms with van der Waals surface area (Å²) in [5.74, 6) is 0.650. The fraction of sp³-hybridized carbons (Fsp3) is 0.318. The van der Waals surface area contributed by atoms with E-state index in [4.69, 9.17) is 16.1 Å². The number of carbonyl (C=O) groups excluding carboxylic acids is 1. The zero-order valence-electron chi connectivity index (χ0n) is 16.6. The summed E-state index contributed by atoms with van der Waals surface area (Å²) in [5.41, 5.74) is 2.45. The van der Waals surface area contributed by atoms with Crippen molar-refractivity contribution in [3.63, 3.8) is 0 Å². The summed E-state index contributed by atoms with van der Waals surface area (Å²) in [7, 11) is 0. The molecule has 0 atom stereocenters. The topological polar surface area (TPSA) is 71.3 Å². The molecule has 156 valence electrons. The lowest BCUT2D eigenvalue weighted by Gasteiger charge is -2.30. The van der Waals surface area contributed by atoms with Gasteiger partial charge in [0, 0.05) is 22.2 Å². The minimum atomic E-state index is -0.305. The number of benzene rings is 2. The van der Waals surface area contributed by atoms with Crippen molar-refractivity contribution in [2.45, 2.75) is 26.3 Å². The van der Waals surface area contributed by atoms with Crippen LogP contribution in [0.2, 0.25) is 5.02 Å². The van der Waals surface area contributed by atoms with Gasteiger partial charge in [-0.2, -0.15) is 4.98 Å². The number of halogens is 2. The van der Waals surface area contributed by atoms with Crippen LogP contribution in [0.4, 0.5) is 10.1 Å². The second kappa shape index (κ2) is 8.93. The van der Waals surface area contributed by atoms with Crippen LogP contribution in [0.5, 0.6) is 0 Å². The van der Waals surface area contributed by atoms with Crippen molar-refractivity contribution in [2.24, 2.45) is 5.92 Å². The SMILES string of the molecule is Cc1cc(Cl)ccc1NC(=O)C1CCN(Cc2nc(-c3ccc(F)cc3)no2)CC1. The third kappa shape index (κ3) is 4.86. The van der Waals surface area contributed by atoms with E-state index in [1.54, 1.807) is 18.2 Å². The van der Waals surface area contributed by atoms with E-state index in [0.29, 0.717) is 28.8 Å². The molecule has 0 radical (unpaired) electrons. The van der Waals surface area contributed by atoms with Crippen LogP contribution in [0.1, 0.15) is 24.3 Å². The number of aryl methyl sites for hydroxylation is 1. The first-order valence-corrected chi connectivity index (χ1v) is 10.2. The number of anilines is 1. The maximum Gasteiger partial charge on any atom is 0.241 e. The lowest BCUT2D eigenvalue weighted by Crippen LogP contribution is -2.37. The van der Waals surface area contributed by atoms with E-state index < -0.39 is 0 Å². The van der Waals surface area contributed by atoms with E-state index >= 15 is 0 Å². The summed E-state index contributed by atoms with van der Waals surface area (Å²) in [6, 6.07) is 11.4. The minimum Gasteiger partial charge on any atom is -0.338 e. The Morgan fingerprint density at radius 3 is 2.67 bits per heavy atom. The highest BCUT2D eigenvalue weighted by Crippen LogP contribution is 2.24. The monoisotopic (exact) mass is 428 g/mol. The third-order valence-electron chi connectivity index (χ3n) is 5.33. The van der Waals surface area contributed by atoms with Crippen LogP contribution < -0.4 is 5.32 Å². The number of amides is 1. The van der Waals surface area contributed by atoms with Gasteiger partial charge in [0.1, 0.15) is 5.82 Å². The number of aromatic nitrogens is 2. The average Bonchev–Trinajstić information content (AvgIpc) is 3.19. The predicted molar refractivity (Wildman–Crippen MR) is 113 cm³/mol. The maximum absolute atomic E-state index is 13.1. The number of piperidine rings is 1. The second-order valence-corrected chi connectivity index (χ2v) is 7.95. The summed E-state index contributed by atoms with van der Waals surface area (Å²) in [4.78, 5) is 19.2. The first kappa shape index (κ1) is 20.5. The molecule has 0 aliphatic carbocycles. The van der Waals surface area contributed by atoms with Gasteiger partial charge in [0.05, 0.1) is 6.54 Å². The van der Waals surface area contributed by atoms with Gasteiger partial charge >= 0.3 is 0 Å². The smallest absolute Gasteiger partial charge is 0.241 e. The molecule has 6 nitrogen and oxygen atoms in total. The summed E-state index contributed by atoms with van der Waals surface area (Å²) < 4.78 is 18.4. The Morgan fingerprint density at radius 1 is 1.23 bits per heavy atom. The molecule has 1 aliphatic heterocycles. The van der Waals surface area contributed by atoms with Gasteiger partial charge in [-0.05, 0) is 80.9 Å². The fourth-order valence-corrected chi connectivity index (χ4v) is 3.81. The Bertz CT molecular complexity index is 1030. The van der Waals surface area contributed by atoms with Crippen LogP contribution in [-0.2, 0) is 11.3 Å². The predicted octanol–water partition coefficient (Wildman–Crippen LogP) is 4.69. The van der Waals surface area contributed by atoms with Gasteiger partial charge < -0.3 is 9.84 Å². The Morgan fingerprint density at radius 2 is 1.97 bits per heavy atom. The molecular formula is C22H22ClFN4O2. The van der Waals surface area contributed by atoms with Crippen molar-refractivity contribution in [3.8, 4) is 11.4 Å². The number of hydrogen-bond acceptors (Lipinski definition) is 5. The molecule has 3 aromatic rings. The highest BCUT2D eigenvalue weighted by Gasteiger charge is 2.26. The number of rotatable bonds is 5. The summed E-state index contributed by atoms with van der Waals surface area (Å²) in [5, 5.41) is 7.65. The fourth-order valence-electron chi connectivity index (χ4n) is 3.58. The van der Waals surface area contributed by atoms with Gasteiger partial charge in [0.2, 0.25) is 17.6 Å². The highest BCUT2D eigenvalue weighted by atomic mass is 35.5. The first-order valence-electron chi connectivity index (χ1n) is 9.86. The molecule has 30 heavy (non-hydrogen) atoms. The van der Waals surface area contributed by atoms with E-state index in [1.807, 2.05) is 19.1 Å². The van der Waals surface area contributed by atoms with Gasteiger partial charge in [-0.1, -0.05) is 16.8 Å². The quantitative estimate of drug-likeness (QED) is 0.638. The Labute approximate surface area is 179 Å². The standard InChI is InChI=1S/C22H22ClFN4O2/c1-14-12-17(23)4-7-19(14)25-22(29)16-8-10-28(11-9-16)13-20-26-21(27-30-20)15-2-5-18(24)6-3-15/h2-7,12,16H,8-11,13H2,1H3,(H,25,29). The summed E-state index contributed by atoms with van der Waals surface area (Å²) >= 11 is 5.98. The summed E-state index contributed by atoms with van der Waals surface area (Å²) in [6.07, 6.45) is 1.52. The Balaban J connectivity index is 1.29. The van der Waals surface area contributed by atoms with Crippen molar-refractivity contribution < 1.29 is 13.7 Å². The van der Waals surface area contributed by atoms with Gasteiger partial charge in [0.25, 0.3) is 0 Å². The van der Waals surface area contributed by atoms with E-state index in [9.17, 15) is 9.18 Å². The van der Waals surface area contributed by atoms with Crippen LogP contribution in [0, 0.1) is 18.7 Å². The Kier molecular flexibility index (Phi) is 6.11. The lowest BCUT2D eigenvalue weighted by atomic mass is 9.95. The van der Waals surface area contributed by atoms with Crippen LogP contribution in [-0.4, -0.2) is 34.0 Å². The Hall–Kier alpha value is -2.77. The van der Waals surface area contributed by atoms with E-state index in [-0.39, 0.29) is 17.6 Å². The van der Waals surface area contributed by atoms with Crippen molar-refractivity contribution in [2.75, 3.05) is 18.4 Å². The average molecular weight is 429 g/mol. The summed E-state index contributed by atoms with van der Waals surface area (Å²) in [6.45, 7) is 3.99. The first-order chi connectivity index (χ1) is 14.5. The van der Waals surface area contributed by atoms with Crippen molar-refractivity contribution >= 4 is 23.2 Å². The molecule has 1 aromatic heterocycles. The zero-order chi connectivity index (χ0) is 21.1.